The molecule has 1 nitrogen and oxygen atoms in total. The first kappa shape index (κ1) is 19.7. The maximum atomic E-state index is 7.14. The molecule has 0 spiro atoms. The molecule has 146 valence electrons. The molecule has 3 aromatic carbocycles. The van der Waals surface area contributed by atoms with Crippen LogP contribution in [-0.2, 0) is 10.3 Å². The van der Waals surface area contributed by atoms with E-state index in [2.05, 4.69) is 55.1 Å². The highest BCUT2D eigenvalue weighted by molar-refractivity contribution is 6.36. The summed E-state index contributed by atoms with van der Waals surface area (Å²) in [7, 11) is 0. The third kappa shape index (κ3) is 3.94. The van der Waals surface area contributed by atoms with E-state index in [-0.39, 0.29) is 0 Å². The maximum Gasteiger partial charge on any atom is 0.119 e. The maximum absolute atomic E-state index is 7.14. The predicted molar refractivity (Wildman–Crippen MR) is 122 cm³/mol. The quantitative estimate of drug-likeness (QED) is 0.407. The summed E-state index contributed by atoms with van der Waals surface area (Å²) in [4.78, 5) is 0. The lowest BCUT2D eigenvalue weighted by Crippen LogP contribution is -2.35. The van der Waals surface area contributed by atoms with Crippen LogP contribution in [0.1, 0.15) is 36.0 Å². The van der Waals surface area contributed by atoms with E-state index in [0.717, 1.165) is 47.1 Å². The van der Waals surface area contributed by atoms with Gasteiger partial charge in [-0.1, -0.05) is 109 Å². The Kier molecular flexibility index (Phi) is 5.99. The highest BCUT2D eigenvalue weighted by Crippen LogP contribution is 2.47. The molecule has 29 heavy (non-hydrogen) atoms. The van der Waals surface area contributed by atoms with Gasteiger partial charge in [0.15, 0.2) is 0 Å². The largest absolute Gasteiger partial charge is 0.366 e. The normalized spacial score (nSPS) is 18.8. The molecular weight excluding hydrogens is 376 g/mol. The molecule has 3 aromatic rings. The summed E-state index contributed by atoms with van der Waals surface area (Å²) in [6.45, 7) is 5.20. The summed E-state index contributed by atoms with van der Waals surface area (Å²) < 4.78 is 6.44. The van der Waals surface area contributed by atoms with Gasteiger partial charge in [0.05, 0.1) is 5.03 Å². The van der Waals surface area contributed by atoms with Crippen molar-refractivity contribution in [1.82, 2.24) is 0 Å². The molecule has 0 aromatic heterocycles. The monoisotopic (exact) mass is 400 g/mol. The zero-order valence-electron chi connectivity index (χ0n) is 16.5. The lowest BCUT2D eigenvalue weighted by molar-refractivity contribution is -0.0538. The Morgan fingerprint density at radius 1 is 0.759 bits per heavy atom. The van der Waals surface area contributed by atoms with E-state index < -0.39 is 5.60 Å². The second kappa shape index (κ2) is 8.82. The van der Waals surface area contributed by atoms with Crippen LogP contribution >= 0.6 is 11.6 Å². The second-order valence-electron chi connectivity index (χ2n) is 7.40. The molecule has 1 saturated heterocycles. The van der Waals surface area contributed by atoms with Crippen molar-refractivity contribution < 1.29 is 4.74 Å². The summed E-state index contributed by atoms with van der Waals surface area (Å²) in [5.74, 6) is 0. The fourth-order valence-electron chi connectivity index (χ4n) is 4.10. The summed E-state index contributed by atoms with van der Waals surface area (Å²) >= 11 is 7.14. The van der Waals surface area contributed by atoms with E-state index in [1.807, 2.05) is 42.5 Å². The standard InChI is InChI=1S/C27H25ClO/c1-21(27(19-11-12-20-29-27)24-17-9-4-10-18-24)26(28)25(22-13-5-2-6-14-22)23-15-7-3-8-16-23/h2-10,13-18H,1,11-12,19-20H2. The topological polar surface area (TPSA) is 9.23 Å². The van der Waals surface area contributed by atoms with Gasteiger partial charge in [0.25, 0.3) is 0 Å². The lowest BCUT2D eigenvalue weighted by atomic mass is 9.79. The van der Waals surface area contributed by atoms with Crippen molar-refractivity contribution in [2.45, 2.75) is 24.9 Å². The smallest absolute Gasteiger partial charge is 0.119 e. The molecule has 1 aliphatic rings. The van der Waals surface area contributed by atoms with Crippen LogP contribution in [-0.4, -0.2) is 6.61 Å². The van der Waals surface area contributed by atoms with Gasteiger partial charge in [0.1, 0.15) is 5.60 Å². The van der Waals surface area contributed by atoms with Crippen LogP contribution in [0.5, 0.6) is 0 Å². The Labute approximate surface area is 178 Å². The van der Waals surface area contributed by atoms with Crippen molar-refractivity contribution in [3.63, 3.8) is 0 Å². The van der Waals surface area contributed by atoms with Crippen LogP contribution in [0.15, 0.2) is 108 Å². The number of rotatable bonds is 5. The fourth-order valence-corrected chi connectivity index (χ4v) is 4.47. The molecular formula is C27H25ClO. The van der Waals surface area contributed by atoms with Crippen molar-refractivity contribution in [3.05, 3.63) is 125 Å². The highest BCUT2D eigenvalue weighted by atomic mass is 35.5. The lowest BCUT2D eigenvalue weighted by Gasteiger charge is -2.40. The molecule has 0 radical (unpaired) electrons. The highest BCUT2D eigenvalue weighted by Gasteiger charge is 2.40. The second-order valence-corrected chi connectivity index (χ2v) is 7.78. The van der Waals surface area contributed by atoms with Crippen LogP contribution < -0.4 is 0 Å². The molecule has 2 heteroatoms. The zero-order chi connectivity index (χ0) is 20.1. The first-order chi connectivity index (χ1) is 14.2. The Balaban J connectivity index is 1.88. The number of ether oxygens (including phenoxy) is 1. The molecule has 1 unspecified atom stereocenters. The van der Waals surface area contributed by atoms with Gasteiger partial charge in [0, 0.05) is 17.8 Å². The third-order valence-electron chi connectivity index (χ3n) is 5.61. The third-order valence-corrected chi connectivity index (χ3v) is 6.03. The van der Waals surface area contributed by atoms with Crippen molar-refractivity contribution in [2.24, 2.45) is 0 Å². The first-order valence-corrected chi connectivity index (χ1v) is 10.5. The average molecular weight is 401 g/mol. The van der Waals surface area contributed by atoms with Crippen molar-refractivity contribution >= 4 is 17.2 Å². The van der Waals surface area contributed by atoms with Crippen LogP contribution in [0.3, 0.4) is 0 Å². The summed E-state index contributed by atoms with van der Waals surface area (Å²) in [5.41, 5.74) is 4.48. The summed E-state index contributed by atoms with van der Waals surface area (Å²) in [6, 6.07) is 30.9. The van der Waals surface area contributed by atoms with E-state index in [9.17, 15) is 0 Å². The molecule has 1 fully saturated rings. The number of hydrogen-bond acceptors (Lipinski definition) is 1. The minimum Gasteiger partial charge on any atom is -0.366 e. The molecule has 1 aliphatic heterocycles. The molecule has 0 saturated carbocycles. The van der Waals surface area contributed by atoms with E-state index in [1.54, 1.807) is 0 Å². The molecule has 0 N–H and O–H groups in total. The summed E-state index contributed by atoms with van der Waals surface area (Å²) in [5, 5.41) is 0.660. The SMILES string of the molecule is C=C(C(Cl)=C(c1ccccc1)c1ccccc1)C1(c2ccccc2)CCCCO1. The van der Waals surface area contributed by atoms with E-state index in [4.69, 9.17) is 16.3 Å². The van der Waals surface area contributed by atoms with Gasteiger partial charge >= 0.3 is 0 Å². The van der Waals surface area contributed by atoms with Crippen molar-refractivity contribution in [2.75, 3.05) is 6.61 Å². The van der Waals surface area contributed by atoms with Crippen LogP contribution in [0, 0.1) is 0 Å². The Bertz CT molecular complexity index is 943. The number of halogens is 1. The number of benzene rings is 3. The average Bonchev–Trinajstić information content (AvgIpc) is 2.81. The Morgan fingerprint density at radius 2 is 1.28 bits per heavy atom. The molecule has 1 heterocycles. The zero-order valence-corrected chi connectivity index (χ0v) is 17.2. The fraction of sp³-hybridized carbons (Fsp3) is 0.185. The van der Waals surface area contributed by atoms with Gasteiger partial charge in [-0.3, -0.25) is 0 Å². The molecule has 0 aliphatic carbocycles. The van der Waals surface area contributed by atoms with Gasteiger partial charge < -0.3 is 4.74 Å². The van der Waals surface area contributed by atoms with Crippen LogP contribution in [0.25, 0.3) is 5.57 Å². The first-order valence-electron chi connectivity index (χ1n) is 10.1. The van der Waals surface area contributed by atoms with Gasteiger partial charge in [-0.25, -0.2) is 0 Å². The molecule has 0 amide bonds. The molecule has 4 rings (SSSR count). The van der Waals surface area contributed by atoms with Crippen molar-refractivity contribution in [1.29, 1.82) is 0 Å². The Hall–Kier alpha value is -2.61. The minimum absolute atomic E-state index is 0.592. The number of hydrogen-bond donors (Lipinski definition) is 0. The van der Waals surface area contributed by atoms with E-state index in [0.29, 0.717) is 11.6 Å². The van der Waals surface area contributed by atoms with Gasteiger partial charge in [-0.15, -0.1) is 0 Å². The van der Waals surface area contributed by atoms with Crippen molar-refractivity contribution in [3.8, 4) is 0 Å². The summed E-state index contributed by atoms with van der Waals surface area (Å²) in [6.07, 6.45) is 3.03. The van der Waals surface area contributed by atoms with E-state index in [1.165, 1.54) is 0 Å². The van der Waals surface area contributed by atoms with Crippen LogP contribution in [0.2, 0.25) is 0 Å². The van der Waals surface area contributed by atoms with Gasteiger partial charge in [0.2, 0.25) is 0 Å². The Morgan fingerprint density at radius 3 is 1.76 bits per heavy atom. The van der Waals surface area contributed by atoms with E-state index >= 15 is 0 Å². The molecule has 1 atom stereocenters. The molecule has 0 bridgehead atoms. The minimum atomic E-state index is -0.592. The van der Waals surface area contributed by atoms with Gasteiger partial charge in [-0.2, -0.15) is 0 Å². The predicted octanol–water partition coefficient (Wildman–Crippen LogP) is 7.34. The van der Waals surface area contributed by atoms with Crippen LogP contribution in [0.4, 0.5) is 0 Å². The van der Waals surface area contributed by atoms with Gasteiger partial charge in [-0.05, 0) is 36.0 Å².